The largest absolute Gasteiger partial charge is 0.464 e. The molecule has 3 rings (SSSR count). The summed E-state index contributed by atoms with van der Waals surface area (Å²) in [7, 11) is 0. The van der Waals surface area contributed by atoms with Crippen molar-refractivity contribution in [2.45, 2.75) is 46.2 Å². The van der Waals surface area contributed by atoms with E-state index < -0.39 is 65.2 Å². The molecule has 0 radical (unpaired) electrons. The van der Waals surface area contributed by atoms with Crippen molar-refractivity contribution >= 4 is 11.7 Å². The van der Waals surface area contributed by atoms with Crippen LogP contribution in [0.25, 0.3) is 5.82 Å². The van der Waals surface area contributed by atoms with Gasteiger partial charge in [-0.2, -0.15) is 27.8 Å². The quantitative estimate of drug-likeness (QED) is 0.394. The number of hydrogen-bond acceptors (Lipinski definition) is 9. The molecule has 1 atom stereocenters. The van der Waals surface area contributed by atoms with Crippen LogP contribution in [0.2, 0.25) is 0 Å². The molecule has 3 aromatic heterocycles. The molecule has 0 saturated carbocycles. The summed E-state index contributed by atoms with van der Waals surface area (Å²) in [6.45, 7) is 3.15. The Hall–Kier alpha value is -4.15. The number of amides is 1. The zero-order chi connectivity index (χ0) is 27.5. The maximum atomic E-state index is 15.0. The van der Waals surface area contributed by atoms with Crippen LogP contribution in [-0.4, -0.2) is 59.2 Å². The van der Waals surface area contributed by atoms with E-state index in [0.29, 0.717) is 23.9 Å². The Morgan fingerprint density at radius 1 is 1.22 bits per heavy atom. The van der Waals surface area contributed by atoms with Crippen LogP contribution in [-0.2, 0) is 13.2 Å². The Morgan fingerprint density at radius 2 is 1.92 bits per heavy atom. The average molecular weight is 533 g/mol. The van der Waals surface area contributed by atoms with Crippen molar-refractivity contribution in [1.82, 2.24) is 29.3 Å². The monoisotopic (exact) mass is 533 g/mol. The van der Waals surface area contributed by atoms with Crippen LogP contribution in [0.4, 0.5) is 27.8 Å². The number of hydrogen-bond donors (Lipinski definition) is 2. The zero-order valence-electron chi connectivity index (χ0n) is 19.5. The third-order valence-corrected chi connectivity index (χ3v) is 4.74. The van der Waals surface area contributed by atoms with Crippen LogP contribution < -0.4 is 20.5 Å². The fourth-order valence-electron chi connectivity index (χ4n) is 2.92. The van der Waals surface area contributed by atoms with Gasteiger partial charge in [-0.1, -0.05) is 0 Å². The van der Waals surface area contributed by atoms with Gasteiger partial charge in [-0.3, -0.25) is 9.36 Å². The van der Waals surface area contributed by atoms with Gasteiger partial charge in [-0.05, 0) is 26.8 Å². The van der Waals surface area contributed by atoms with E-state index in [-0.39, 0.29) is 25.0 Å². The molecule has 0 aliphatic heterocycles. The number of rotatable bonds is 9. The van der Waals surface area contributed by atoms with Gasteiger partial charge >= 0.3 is 17.9 Å². The number of pyridine rings is 1. The lowest BCUT2D eigenvalue weighted by Crippen LogP contribution is -2.33. The molecule has 0 saturated heterocycles. The molecule has 0 spiro atoms. The van der Waals surface area contributed by atoms with E-state index in [1.807, 2.05) is 5.32 Å². The smallest absolute Gasteiger partial charge is 0.425 e. The Labute approximate surface area is 204 Å². The highest BCUT2D eigenvalue weighted by Crippen LogP contribution is 2.28. The number of anilines is 1. The van der Waals surface area contributed by atoms with Crippen LogP contribution >= 0.6 is 0 Å². The molecule has 1 amide bonds. The molecule has 0 aliphatic rings. The van der Waals surface area contributed by atoms with E-state index in [4.69, 9.17) is 9.47 Å². The second-order valence-electron chi connectivity index (χ2n) is 7.20. The van der Waals surface area contributed by atoms with Gasteiger partial charge in [-0.15, -0.1) is 5.10 Å². The lowest BCUT2D eigenvalue weighted by molar-refractivity contribution is -0.190. The van der Waals surface area contributed by atoms with E-state index >= 15 is 4.39 Å². The minimum absolute atomic E-state index is 0.0273. The summed E-state index contributed by atoms with van der Waals surface area (Å²) in [5.74, 6) is -6.66. The third-order valence-electron chi connectivity index (χ3n) is 4.74. The second-order valence-corrected chi connectivity index (χ2v) is 7.20. The number of nitrogens with zero attached hydrogens (tertiary/aromatic N) is 6. The van der Waals surface area contributed by atoms with Gasteiger partial charge in [0.25, 0.3) is 5.91 Å². The summed E-state index contributed by atoms with van der Waals surface area (Å²) in [6, 6.07) is 0.126. The van der Waals surface area contributed by atoms with E-state index in [2.05, 4.69) is 20.1 Å². The number of alkyl halides is 3. The summed E-state index contributed by atoms with van der Waals surface area (Å²) in [4.78, 5) is 36.2. The lowest BCUT2D eigenvalue weighted by Gasteiger charge is -2.19. The second kappa shape index (κ2) is 10.9. The van der Waals surface area contributed by atoms with Gasteiger partial charge < -0.3 is 19.9 Å². The molecular weight excluding hydrogens is 513 g/mol. The van der Waals surface area contributed by atoms with Gasteiger partial charge in [0.2, 0.25) is 5.88 Å². The molecule has 0 aliphatic carbocycles. The molecule has 0 unspecified atom stereocenters. The summed E-state index contributed by atoms with van der Waals surface area (Å²) in [5, 5.41) is 15.1. The summed E-state index contributed by atoms with van der Waals surface area (Å²) in [6.07, 6.45) is -6.77. The summed E-state index contributed by atoms with van der Waals surface area (Å²) in [5.41, 5.74) is -1.84. The fraction of sp³-hybridized carbons (Fsp3) is 0.400. The van der Waals surface area contributed by atoms with Crippen LogP contribution in [0.3, 0.4) is 0 Å². The summed E-state index contributed by atoms with van der Waals surface area (Å²) >= 11 is 0. The molecule has 3 heterocycles. The van der Waals surface area contributed by atoms with Crippen LogP contribution in [0.5, 0.6) is 11.9 Å². The first-order valence-corrected chi connectivity index (χ1v) is 10.6. The van der Waals surface area contributed by atoms with Crippen LogP contribution in [0, 0.1) is 11.6 Å². The van der Waals surface area contributed by atoms with Crippen molar-refractivity contribution in [3.05, 3.63) is 45.8 Å². The average Bonchev–Trinajstić information content (AvgIpc) is 3.16. The van der Waals surface area contributed by atoms with Crippen LogP contribution in [0.15, 0.2) is 17.1 Å². The van der Waals surface area contributed by atoms with Crippen molar-refractivity contribution in [3.63, 3.8) is 0 Å². The zero-order valence-corrected chi connectivity index (χ0v) is 19.5. The molecule has 0 aromatic carbocycles. The molecule has 0 fully saturated rings. The number of aromatic nitrogens is 6. The van der Waals surface area contributed by atoms with E-state index in [1.165, 1.54) is 6.92 Å². The molecule has 3 aromatic rings. The predicted molar refractivity (Wildman–Crippen MR) is 114 cm³/mol. The number of ether oxygens (including phenoxy) is 2. The SMILES string of the molecule is CCOc1ncc(F)c(NC(=O)c2cc(F)c(-n3nc(CO)n(CC)c3=O)nc2O[C@@H](C)C(F)(F)F)n1. The summed E-state index contributed by atoms with van der Waals surface area (Å²) < 4.78 is 79.9. The molecule has 2 N–H and O–H groups in total. The van der Waals surface area contributed by atoms with Gasteiger partial charge in [0.05, 0.1) is 12.8 Å². The van der Waals surface area contributed by atoms with Gasteiger partial charge in [0.15, 0.2) is 35.2 Å². The maximum absolute atomic E-state index is 15.0. The predicted octanol–water partition coefficient (Wildman–Crippen LogP) is 1.99. The van der Waals surface area contributed by atoms with Crippen molar-refractivity contribution in [2.24, 2.45) is 0 Å². The molecule has 200 valence electrons. The highest BCUT2D eigenvalue weighted by molar-refractivity contribution is 6.05. The topological polar surface area (TPSA) is 146 Å². The molecule has 37 heavy (non-hydrogen) atoms. The highest BCUT2D eigenvalue weighted by atomic mass is 19.4. The highest BCUT2D eigenvalue weighted by Gasteiger charge is 2.39. The third kappa shape index (κ3) is 5.82. The normalized spacial score (nSPS) is 12.4. The van der Waals surface area contributed by atoms with E-state index in [1.54, 1.807) is 6.92 Å². The molecule has 17 heteroatoms. The van der Waals surface area contributed by atoms with Crippen molar-refractivity contribution < 1.29 is 41.3 Å². The molecular formula is C20H20F5N7O5. The Kier molecular flexibility index (Phi) is 8.05. The first-order valence-electron chi connectivity index (χ1n) is 10.6. The number of aliphatic hydroxyl groups excluding tert-OH is 1. The van der Waals surface area contributed by atoms with Crippen molar-refractivity contribution in [1.29, 1.82) is 0 Å². The van der Waals surface area contributed by atoms with Crippen molar-refractivity contribution in [3.8, 4) is 17.7 Å². The number of nitrogens with one attached hydrogen (secondary N) is 1. The Morgan fingerprint density at radius 3 is 2.49 bits per heavy atom. The van der Waals surface area contributed by atoms with Crippen molar-refractivity contribution in [2.75, 3.05) is 11.9 Å². The minimum atomic E-state index is -4.92. The maximum Gasteiger partial charge on any atom is 0.425 e. The number of carbonyl (C=O) groups is 1. The Balaban J connectivity index is 2.12. The number of halogens is 5. The molecule has 12 nitrogen and oxygen atoms in total. The first-order chi connectivity index (χ1) is 17.4. The van der Waals surface area contributed by atoms with Gasteiger partial charge in [-0.25, -0.2) is 18.6 Å². The number of aliphatic hydroxyl groups is 1. The lowest BCUT2D eigenvalue weighted by atomic mass is 10.2. The number of carbonyl (C=O) groups excluding carboxylic acids is 1. The minimum Gasteiger partial charge on any atom is -0.464 e. The van der Waals surface area contributed by atoms with Gasteiger partial charge in [0.1, 0.15) is 12.2 Å². The standard InChI is InChI=1S/C20H20F5N7O5/c1-4-31-13(8-33)30-32(19(31)35)15-11(21)6-10(17(29-15)37-9(3)20(23,24)25)16(34)27-14-12(22)7-26-18(28-14)36-5-2/h6-7,9,33H,4-5,8H2,1-3H3,(H,26,27,28,34)/t9-/m0/s1. The Bertz CT molecular complexity index is 1360. The fourth-order valence-corrected chi connectivity index (χ4v) is 2.92. The van der Waals surface area contributed by atoms with E-state index in [0.717, 1.165) is 4.57 Å². The van der Waals surface area contributed by atoms with Crippen LogP contribution in [0.1, 0.15) is 37.0 Å². The molecule has 0 bridgehead atoms. The first kappa shape index (κ1) is 27.4. The van der Waals surface area contributed by atoms with Gasteiger partial charge in [0, 0.05) is 6.54 Å². The van der Waals surface area contributed by atoms with E-state index in [9.17, 15) is 32.3 Å².